The zero-order valence-corrected chi connectivity index (χ0v) is 12.7. The zero-order chi connectivity index (χ0) is 15.9. The van der Waals surface area contributed by atoms with Crippen LogP contribution in [0.3, 0.4) is 0 Å². The van der Waals surface area contributed by atoms with E-state index < -0.39 is 12.2 Å². The van der Waals surface area contributed by atoms with Gasteiger partial charge in [-0.1, -0.05) is 56.3 Å². The molecule has 0 aromatic heterocycles. The average molecular weight is 293 g/mol. The number of benzene rings is 2. The van der Waals surface area contributed by atoms with Crippen LogP contribution in [0, 0.1) is 11.3 Å². The molecule has 0 heterocycles. The van der Waals surface area contributed by atoms with Crippen molar-refractivity contribution in [2.24, 2.45) is 0 Å². The summed E-state index contributed by atoms with van der Waals surface area (Å²) < 4.78 is 0. The van der Waals surface area contributed by atoms with Gasteiger partial charge in [0.15, 0.2) is 0 Å². The van der Waals surface area contributed by atoms with Gasteiger partial charge < -0.3 is 10.2 Å². The average Bonchev–Trinajstić information content (AvgIpc) is 2.75. The van der Waals surface area contributed by atoms with Crippen molar-refractivity contribution in [3.8, 4) is 17.2 Å². The lowest BCUT2D eigenvalue weighted by molar-refractivity contribution is 0.0216. The van der Waals surface area contributed by atoms with E-state index in [-0.39, 0.29) is 11.8 Å². The summed E-state index contributed by atoms with van der Waals surface area (Å²) in [5.74, 6) is 0. The molecule has 3 nitrogen and oxygen atoms in total. The molecule has 2 N–H and O–H groups in total. The van der Waals surface area contributed by atoms with E-state index in [4.69, 9.17) is 5.26 Å². The maximum Gasteiger partial charge on any atom is 0.106 e. The van der Waals surface area contributed by atoms with Gasteiger partial charge in [0, 0.05) is 5.41 Å². The predicted molar refractivity (Wildman–Crippen MR) is 85.2 cm³/mol. The highest BCUT2D eigenvalue weighted by molar-refractivity contribution is 5.80. The lowest BCUT2D eigenvalue weighted by Gasteiger charge is -2.23. The molecule has 112 valence electrons. The van der Waals surface area contributed by atoms with E-state index in [1.807, 2.05) is 36.4 Å². The molecule has 0 saturated carbocycles. The maximum absolute atomic E-state index is 10.2. The molecule has 1 aliphatic rings. The Morgan fingerprint density at radius 3 is 2.45 bits per heavy atom. The molecule has 3 rings (SSSR count). The van der Waals surface area contributed by atoms with Gasteiger partial charge in [-0.3, -0.25) is 0 Å². The number of hydrogen-bond acceptors (Lipinski definition) is 3. The van der Waals surface area contributed by atoms with Crippen molar-refractivity contribution in [3.05, 3.63) is 59.2 Å². The third kappa shape index (κ3) is 2.12. The smallest absolute Gasteiger partial charge is 0.106 e. The molecule has 0 aliphatic heterocycles. The minimum Gasteiger partial charge on any atom is -0.389 e. The summed E-state index contributed by atoms with van der Waals surface area (Å²) >= 11 is 0. The molecule has 0 bridgehead atoms. The van der Waals surface area contributed by atoms with Gasteiger partial charge in [0.25, 0.3) is 0 Å². The fraction of sp³-hybridized carbons (Fsp3) is 0.316. The van der Waals surface area contributed by atoms with Crippen LogP contribution in [0.4, 0.5) is 0 Å². The molecule has 2 aromatic carbocycles. The molecule has 0 fully saturated rings. The Balaban J connectivity index is 2.07. The molecule has 2 aromatic rings. The Morgan fingerprint density at radius 1 is 1.05 bits per heavy atom. The van der Waals surface area contributed by atoms with Gasteiger partial charge >= 0.3 is 0 Å². The minimum absolute atomic E-state index is 0.0815. The van der Waals surface area contributed by atoms with Crippen LogP contribution in [0.1, 0.15) is 43.1 Å². The largest absolute Gasteiger partial charge is 0.389 e. The molecular weight excluding hydrogens is 274 g/mol. The lowest BCUT2D eigenvalue weighted by Crippen LogP contribution is -2.19. The van der Waals surface area contributed by atoms with E-state index in [0.717, 1.165) is 5.56 Å². The normalized spacial score (nSPS) is 17.2. The number of nitrogens with zero attached hydrogens (tertiary/aromatic N) is 1. The Kier molecular flexibility index (Phi) is 3.52. The van der Waals surface area contributed by atoms with Crippen LogP contribution < -0.4 is 0 Å². The standard InChI is InChI=1S/C19H19NO2/c1-19(2)15-6-4-3-5-13(15)14-8-7-12(11-16(14)19)18(22)17(21)9-10-20/h3-8,11,17-18,21-22H,9H2,1-2H3. The summed E-state index contributed by atoms with van der Waals surface area (Å²) in [4.78, 5) is 0. The highest BCUT2D eigenvalue weighted by Crippen LogP contribution is 2.49. The van der Waals surface area contributed by atoms with E-state index >= 15 is 0 Å². The first-order valence-electron chi connectivity index (χ1n) is 7.44. The fourth-order valence-corrected chi connectivity index (χ4v) is 3.33. The van der Waals surface area contributed by atoms with Crippen LogP contribution in [0.2, 0.25) is 0 Å². The second-order valence-corrected chi connectivity index (χ2v) is 6.35. The van der Waals surface area contributed by atoms with Gasteiger partial charge in [-0.15, -0.1) is 0 Å². The summed E-state index contributed by atoms with van der Waals surface area (Å²) in [5, 5.41) is 28.8. The van der Waals surface area contributed by atoms with Crippen molar-refractivity contribution >= 4 is 0 Å². The Hall–Kier alpha value is -2.15. The molecule has 3 heteroatoms. The summed E-state index contributed by atoms with van der Waals surface area (Å²) in [5.41, 5.74) is 5.33. The van der Waals surface area contributed by atoms with Crippen LogP contribution in [-0.2, 0) is 5.41 Å². The third-order valence-corrected chi connectivity index (χ3v) is 4.61. The van der Waals surface area contributed by atoms with Crippen molar-refractivity contribution in [2.45, 2.75) is 37.9 Å². The zero-order valence-electron chi connectivity index (χ0n) is 12.7. The fourth-order valence-electron chi connectivity index (χ4n) is 3.33. The van der Waals surface area contributed by atoms with Crippen LogP contribution in [0.15, 0.2) is 42.5 Å². The third-order valence-electron chi connectivity index (χ3n) is 4.61. The molecule has 2 atom stereocenters. The molecule has 2 unspecified atom stereocenters. The van der Waals surface area contributed by atoms with Crippen molar-refractivity contribution in [2.75, 3.05) is 0 Å². The topological polar surface area (TPSA) is 64.2 Å². The first kappa shape index (κ1) is 14.8. The van der Waals surface area contributed by atoms with E-state index in [1.165, 1.54) is 16.7 Å². The maximum atomic E-state index is 10.2. The van der Waals surface area contributed by atoms with Gasteiger partial charge in [0.2, 0.25) is 0 Å². The second-order valence-electron chi connectivity index (χ2n) is 6.35. The molecule has 0 radical (unpaired) electrons. The first-order valence-corrected chi connectivity index (χ1v) is 7.44. The number of aliphatic hydroxyl groups excluding tert-OH is 2. The molecule has 0 amide bonds. The number of nitriles is 1. The summed E-state index contributed by atoms with van der Waals surface area (Å²) in [6.07, 6.45) is -2.18. The van der Waals surface area contributed by atoms with Crippen molar-refractivity contribution in [1.29, 1.82) is 5.26 Å². The molecule has 0 saturated heterocycles. The van der Waals surface area contributed by atoms with Gasteiger partial charge in [0.05, 0.1) is 18.6 Å². The molecule has 22 heavy (non-hydrogen) atoms. The second kappa shape index (κ2) is 5.24. The minimum atomic E-state index is -1.06. The molecule has 1 aliphatic carbocycles. The first-order chi connectivity index (χ1) is 10.5. The Morgan fingerprint density at radius 2 is 1.73 bits per heavy atom. The van der Waals surface area contributed by atoms with Gasteiger partial charge in [0.1, 0.15) is 6.10 Å². The van der Waals surface area contributed by atoms with Crippen molar-refractivity contribution < 1.29 is 10.2 Å². The van der Waals surface area contributed by atoms with Crippen LogP contribution in [-0.4, -0.2) is 16.3 Å². The predicted octanol–water partition coefficient (Wildman–Crippen LogP) is 3.30. The van der Waals surface area contributed by atoms with E-state index in [0.29, 0.717) is 5.56 Å². The van der Waals surface area contributed by atoms with Crippen LogP contribution >= 0.6 is 0 Å². The van der Waals surface area contributed by atoms with Gasteiger partial charge in [-0.2, -0.15) is 5.26 Å². The van der Waals surface area contributed by atoms with Crippen molar-refractivity contribution in [3.63, 3.8) is 0 Å². The van der Waals surface area contributed by atoms with E-state index in [2.05, 4.69) is 26.0 Å². The SMILES string of the molecule is CC1(C)c2ccccc2-c2ccc(C(O)C(O)CC#N)cc21. The monoisotopic (exact) mass is 293 g/mol. The van der Waals surface area contributed by atoms with Crippen molar-refractivity contribution in [1.82, 2.24) is 0 Å². The Labute approximate surface area is 130 Å². The van der Waals surface area contributed by atoms with E-state index in [1.54, 1.807) is 0 Å². The number of aliphatic hydroxyl groups is 2. The summed E-state index contributed by atoms with van der Waals surface area (Å²) in [6, 6.07) is 16.0. The highest BCUT2D eigenvalue weighted by atomic mass is 16.3. The Bertz CT molecular complexity index is 758. The van der Waals surface area contributed by atoms with E-state index in [9.17, 15) is 10.2 Å². The van der Waals surface area contributed by atoms with Crippen LogP contribution in [0.25, 0.3) is 11.1 Å². The lowest BCUT2D eigenvalue weighted by atomic mass is 9.81. The number of fused-ring (bicyclic) bond motifs is 3. The molecule has 0 spiro atoms. The quantitative estimate of drug-likeness (QED) is 0.912. The van der Waals surface area contributed by atoms with Gasteiger partial charge in [-0.05, 0) is 27.8 Å². The van der Waals surface area contributed by atoms with Crippen LogP contribution in [0.5, 0.6) is 0 Å². The number of rotatable bonds is 3. The number of hydrogen-bond donors (Lipinski definition) is 2. The molecular formula is C19H19NO2. The van der Waals surface area contributed by atoms with Gasteiger partial charge in [-0.25, -0.2) is 0 Å². The summed E-state index contributed by atoms with van der Waals surface area (Å²) in [7, 11) is 0. The highest BCUT2D eigenvalue weighted by Gasteiger charge is 2.35. The summed E-state index contributed by atoms with van der Waals surface area (Å²) in [6.45, 7) is 4.33.